The maximum atomic E-state index is 11.6. The summed E-state index contributed by atoms with van der Waals surface area (Å²) in [4.78, 5) is 11.6. The van der Waals surface area contributed by atoms with E-state index in [2.05, 4.69) is 29.6 Å². The quantitative estimate of drug-likeness (QED) is 0.789. The van der Waals surface area contributed by atoms with E-state index in [1.807, 2.05) is 6.07 Å². The van der Waals surface area contributed by atoms with Gasteiger partial charge in [0.25, 0.3) is 0 Å². The van der Waals surface area contributed by atoms with Gasteiger partial charge >= 0.3 is 0 Å². The average molecular weight is 231 g/mol. The fourth-order valence-electron chi connectivity index (χ4n) is 2.42. The number of nitrogens with one attached hydrogen (secondary N) is 1. The topological polar surface area (TPSA) is 29.1 Å². The molecule has 2 nitrogen and oxygen atoms in total. The van der Waals surface area contributed by atoms with Crippen LogP contribution in [0.25, 0.3) is 0 Å². The third-order valence-corrected chi connectivity index (χ3v) is 3.51. The Morgan fingerprint density at radius 3 is 2.76 bits per heavy atom. The van der Waals surface area contributed by atoms with E-state index in [0.29, 0.717) is 5.78 Å². The highest BCUT2D eigenvalue weighted by molar-refractivity contribution is 5.81. The van der Waals surface area contributed by atoms with Crippen LogP contribution in [0.15, 0.2) is 30.3 Å². The number of Topliss-reactive ketones (excluding diaryl/α,β-unsaturated/α-hetero) is 1. The standard InChI is InChI=1S/C15H21NO/c17-15-9-5-4-8-14(15)12-16-11-10-13-6-2-1-3-7-13/h1-3,6-7,14,16H,4-5,8-12H2. The number of ketones is 1. The molecule has 0 aliphatic heterocycles. The predicted molar refractivity (Wildman–Crippen MR) is 70.0 cm³/mol. The lowest BCUT2D eigenvalue weighted by Gasteiger charge is -2.20. The molecule has 1 atom stereocenters. The molecule has 0 radical (unpaired) electrons. The summed E-state index contributed by atoms with van der Waals surface area (Å²) >= 11 is 0. The molecule has 1 saturated carbocycles. The second-order valence-electron chi connectivity index (χ2n) is 4.85. The van der Waals surface area contributed by atoms with Gasteiger partial charge in [-0.15, -0.1) is 0 Å². The van der Waals surface area contributed by atoms with Crippen molar-refractivity contribution in [1.82, 2.24) is 5.32 Å². The molecule has 1 N–H and O–H groups in total. The maximum absolute atomic E-state index is 11.6. The SMILES string of the molecule is O=C1CCCCC1CNCCc1ccccc1. The molecule has 0 saturated heterocycles. The summed E-state index contributed by atoms with van der Waals surface area (Å²) in [5.41, 5.74) is 1.36. The highest BCUT2D eigenvalue weighted by atomic mass is 16.1. The summed E-state index contributed by atoms with van der Waals surface area (Å²) in [7, 11) is 0. The molecule has 1 aliphatic carbocycles. The normalized spacial score (nSPS) is 20.5. The maximum Gasteiger partial charge on any atom is 0.137 e. The summed E-state index contributed by atoms with van der Waals surface area (Å²) in [6.45, 7) is 1.83. The highest BCUT2D eigenvalue weighted by Gasteiger charge is 2.21. The third kappa shape index (κ3) is 3.97. The molecule has 0 amide bonds. The Hall–Kier alpha value is -1.15. The second-order valence-corrected chi connectivity index (χ2v) is 4.85. The van der Waals surface area contributed by atoms with Crippen LogP contribution in [-0.4, -0.2) is 18.9 Å². The smallest absolute Gasteiger partial charge is 0.137 e. The van der Waals surface area contributed by atoms with Crippen molar-refractivity contribution in [2.45, 2.75) is 32.1 Å². The molecule has 1 unspecified atom stereocenters. The molecule has 0 bridgehead atoms. The molecule has 1 fully saturated rings. The van der Waals surface area contributed by atoms with Gasteiger partial charge < -0.3 is 5.32 Å². The number of hydrogen-bond acceptors (Lipinski definition) is 2. The van der Waals surface area contributed by atoms with Crippen molar-refractivity contribution in [2.24, 2.45) is 5.92 Å². The van der Waals surface area contributed by atoms with Crippen molar-refractivity contribution >= 4 is 5.78 Å². The van der Waals surface area contributed by atoms with Gasteiger partial charge in [0.2, 0.25) is 0 Å². The lowest BCUT2D eigenvalue weighted by Crippen LogP contribution is -2.31. The minimum Gasteiger partial charge on any atom is -0.316 e. The van der Waals surface area contributed by atoms with Crippen molar-refractivity contribution in [3.63, 3.8) is 0 Å². The van der Waals surface area contributed by atoms with Crippen molar-refractivity contribution in [3.8, 4) is 0 Å². The predicted octanol–water partition coefficient (Wildman–Crippen LogP) is 2.58. The lowest BCUT2D eigenvalue weighted by atomic mass is 9.88. The van der Waals surface area contributed by atoms with Crippen LogP contribution in [-0.2, 0) is 11.2 Å². The molecule has 92 valence electrons. The molecule has 2 heteroatoms. The van der Waals surface area contributed by atoms with Gasteiger partial charge in [0.1, 0.15) is 5.78 Å². The number of rotatable bonds is 5. The van der Waals surface area contributed by atoms with E-state index in [-0.39, 0.29) is 5.92 Å². The van der Waals surface area contributed by atoms with E-state index >= 15 is 0 Å². The minimum absolute atomic E-state index is 0.277. The Morgan fingerprint density at radius 2 is 2.00 bits per heavy atom. The number of carbonyl (C=O) groups excluding carboxylic acids is 1. The Labute approximate surface area is 103 Å². The number of benzene rings is 1. The molecular weight excluding hydrogens is 210 g/mol. The van der Waals surface area contributed by atoms with Gasteiger partial charge in [-0.3, -0.25) is 4.79 Å². The Bertz CT molecular complexity index is 347. The summed E-state index contributed by atoms with van der Waals surface area (Å²) in [6, 6.07) is 10.5. The summed E-state index contributed by atoms with van der Waals surface area (Å²) in [5, 5.41) is 3.41. The molecule has 17 heavy (non-hydrogen) atoms. The Morgan fingerprint density at radius 1 is 1.18 bits per heavy atom. The molecule has 1 aliphatic rings. The van der Waals surface area contributed by atoms with Crippen molar-refractivity contribution in [1.29, 1.82) is 0 Å². The lowest BCUT2D eigenvalue weighted by molar-refractivity contribution is -0.124. The van der Waals surface area contributed by atoms with E-state index in [1.165, 1.54) is 12.0 Å². The first-order valence-electron chi connectivity index (χ1n) is 6.63. The van der Waals surface area contributed by atoms with Crippen LogP contribution in [0.3, 0.4) is 0 Å². The van der Waals surface area contributed by atoms with E-state index < -0.39 is 0 Å². The molecule has 1 aromatic rings. The Kier molecular flexibility index (Phi) is 4.75. The van der Waals surface area contributed by atoms with Gasteiger partial charge in [0, 0.05) is 18.9 Å². The summed E-state index contributed by atoms with van der Waals surface area (Å²) in [6.07, 6.45) is 5.24. The van der Waals surface area contributed by atoms with Crippen LogP contribution < -0.4 is 5.32 Å². The van der Waals surface area contributed by atoms with Crippen LogP contribution in [0.5, 0.6) is 0 Å². The van der Waals surface area contributed by atoms with E-state index in [0.717, 1.165) is 38.8 Å². The monoisotopic (exact) mass is 231 g/mol. The first-order chi connectivity index (χ1) is 8.36. The van der Waals surface area contributed by atoms with Gasteiger partial charge in [0.15, 0.2) is 0 Å². The number of hydrogen-bond donors (Lipinski definition) is 1. The minimum atomic E-state index is 0.277. The fraction of sp³-hybridized carbons (Fsp3) is 0.533. The molecule has 0 aromatic heterocycles. The zero-order valence-electron chi connectivity index (χ0n) is 10.3. The first-order valence-corrected chi connectivity index (χ1v) is 6.63. The van der Waals surface area contributed by atoms with Crippen LogP contribution in [0.2, 0.25) is 0 Å². The third-order valence-electron chi connectivity index (χ3n) is 3.51. The van der Waals surface area contributed by atoms with E-state index in [1.54, 1.807) is 0 Å². The van der Waals surface area contributed by atoms with Crippen molar-refractivity contribution in [2.75, 3.05) is 13.1 Å². The summed E-state index contributed by atoms with van der Waals surface area (Å²) < 4.78 is 0. The van der Waals surface area contributed by atoms with Gasteiger partial charge in [-0.05, 0) is 31.4 Å². The van der Waals surface area contributed by atoms with Gasteiger partial charge in [-0.25, -0.2) is 0 Å². The van der Waals surface area contributed by atoms with Crippen LogP contribution in [0.4, 0.5) is 0 Å². The average Bonchev–Trinajstić information content (AvgIpc) is 2.38. The van der Waals surface area contributed by atoms with E-state index in [4.69, 9.17) is 0 Å². The summed E-state index contributed by atoms with van der Waals surface area (Å²) in [5.74, 6) is 0.739. The zero-order valence-corrected chi connectivity index (χ0v) is 10.3. The van der Waals surface area contributed by atoms with Crippen LogP contribution in [0.1, 0.15) is 31.2 Å². The van der Waals surface area contributed by atoms with Crippen LogP contribution >= 0.6 is 0 Å². The van der Waals surface area contributed by atoms with Gasteiger partial charge in [-0.1, -0.05) is 36.8 Å². The molecular formula is C15H21NO. The van der Waals surface area contributed by atoms with Crippen molar-refractivity contribution in [3.05, 3.63) is 35.9 Å². The van der Waals surface area contributed by atoms with Gasteiger partial charge in [-0.2, -0.15) is 0 Å². The Balaban J connectivity index is 1.64. The molecule has 2 rings (SSSR count). The highest BCUT2D eigenvalue weighted by Crippen LogP contribution is 2.19. The molecule has 0 spiro atoms. The fourth-order valence-corrected chi connectivity index (χ4v) is 2.42. The number of carbonyl (C=O) groups is 1. The molecule has 0 heterocycles. The van der Waals surface area contributed by atoms with Crippen LogP contribution in [0, 0.1) is 5.92 Å². The van der Waals surface area contributed by atoms with Gasteiger partial charge in [0.05, 0.1) is 0 Å². The first kappa shape index (κ1) is 12.3. The largest absolute Gasteiger partial charge is 0.316 e. The second kappa shape index (κ2) is 6.55. The zero-order chi connectivity index (χ0) is 11.9. The van der Waals surface area contributed by atoms with E-state index in [9.17, 15) is 4.79 Å². The molecule has 1 aromatic carbocycles. The van der Waals surface area contributed by atoms with Crippen molar-refractivity contribution < 1.29 is 4.79 Å².